The average molecular weight is 304 g/mol. The molecule has 1 aromatic heterocycles. The first-order valence-electron chi connectivity index (χ1n) is 5.95. The lowest BCUT2D eigenvalue weighted by Crippen LogP contribution is -2.08. The molecule has 0 unspecified atom stereocenters. The molecule has 0 aliphatic carbocycles. The van der Waals surface area contributed by atoms with Gasteiger partial charge in [-0.2, -0.15) is 0 Å². The van der Waals surface area contributed by atoms with Gasteiger partial charge >= 0.3 is 11.9 Å². The summed E-state index contributed by atoms with van der Waals surface area (Å²) in [5.41, 5.74) is 0.821. The van der Waals surface area contributed by atoms with Crippen LogP contribution in [0.2, 0.25) is 0 Å². The summed E-state index contributed by atoms with van der Waals surface area (Å²) in [5, 5.41) is 9.52. The zero-order valence-corrected chi connectivity index (χ0v) is 12.2. The zero-order chi connectivity index (χ0) is 15.4. The molecule has 0 radical (unpaired) electrons. The first-order chi connectivity index (χ1) is 9.99. The fourth-order valence-electron chi connectivity index (χ4n) is 1.59. The van der Waals surface area contributed by atoms with Gasteiger partial charge in [0.25, 0.3) is 0 Å². The van der Waals surface area contributed by atoms with Gasteiger partial charge in [-0.3, -0.25) is 0 Å². The van der Waals surface area contributed by atoms with Gasteiger partial charge in [0.15, 0.2) is 0 Å². The molecule has 0 aliphatic rings. The molecule has 0 saturated heterocycles. The number of aromatic carboxylic acids is 1. The third-order valence-electron chi connectivity index (χ3n) is 2.50. The molecule has 0 saturated carbocycles. The van der Waals surface area contributed by atoms with Crippen LogP contribution < -0.4 is 0 Å². The van der Waals surface area contributed by atoms with E-state index < -0.39 is 11.9 Å². The summed E-state index contributed by atoms with van der Waals surface area (Å²) in [7, 11) is 1.26. The van der Waals surface area contributed by atoms with Crippen LogP contribution in [-0.4, -0.2) is 34.1 Å². The zero-order valence-electron chi connectivity index (χ0n) is 11.4. The Morgan fingerprint density at radius 2 is 2.00 bits per heavy atom. The minimum absolute atomic E-state index is 0.0191. The highest BCUT2D eigenvalue weighted by atomic mass is 32.2. The number of carboxylic acid groups (broad SMARTS) is 1. The number of aryl methyl sites for hydroxylation is 1. The molecule has 0 bridgehead atoms. The lowest BCUT2D eigenvalue weighted by Gasteiger charge is -2.05. The number of methoxy groups -OCH3 is 1. The Balaban J connectivity index is 2.31. The smallest absolute Gasteiger partial charge is 0.376 e. The predicted molar refractivity (Wildman–Crippen MR) is 75.6 cm³/mol. The van der Waals surface area contributed by atoms with Crippen molar-refractivity contribution in [3.63, 3.8) is 0 Å². The Morgan fingerprint density at radius 3 is 2.67 bits per heavy atom. The van der Waals surface area contributed by atoms with Gasteiger partial charge in [-0.25, -0.2) is 19.6 Å². The Kier molecular flexibility index (Phi) is 4.54. The molecule has 0 spiro atoms. The standard InChI is InChI=1S/C14H12N2O4S/c1-8-6-11(16-12(15-8)14(19)20-2)21-10-5-3-4-9(7-10)13(17)18/h3-7H,1-2H3,(H,17,18). The summed E-state index contributed by atoms with van der Waals surface area (Å²) in [6.45, 7) is 1.74. The van der Waals surface area contributed by atoms with Crippen LogP contribution in [0.3, 0.4) is 0 Å². The summed E-state index contributed by atoms with van der Waals surface area (Å²) in [6.07, 6.45) is 0. The average Bonchev–Trinajstić information content (AvgIpc) is 2.46. The van der Waals surface area contributed by atoms with Crippen molar-refractivity contribution in [2.24, 2.45) is 0 Å². The van der Waals surface area contributed by atoms with Crippen LogP contribution in [-0.2, 0) is 4.74 Å². The maximum atomic E-state index is 11.5. The number of hydrogen-bond acceptors (Lipinski definition) is 6. The molecule has 0 atom stereocenters. The summed E-state index contributed by atoms with van der Waals surface area (Å²) in [6, 6.07) is 8.19. The molecule has 0 amide bonds. The van der Waals surface area contributed by atoms with E-state index in [1.165, 1.54) is 24.9 Å². The van der Waals surface area contributed by atoms with Crippen LogP contribution >= 0.6 is 11.8 Å². The topological polar surface area (TPSA) is 89.4 Å². The van der Waals surface area contributed by atoms with E-state index in [0.29, 0.717) is 15.6 Å². The highest BCUT2D eigenvalue weighted by molar-refractivity contribution is 7.99. The quantitative estimate of drug-likeness (QED) is 0.685. The van der Waals surface area contributed by atoms with Crippen LogP contribution in [0.5, 0.6) is 0 Å². The Hall–Kier alpha value is -2.41. The molecular weight excluding hydrogens is 292 g/mol. The lowest BCUT2D eigenvalue weighted by molar-refractivity contribution is 0.0584. The molecule has 2 aromatic rings. The van der Waals surface area contributed by atoms with Crippen LogP contribution in [0.1, 0.15) is 26.7 Å². The molecule has 1 heterocycles. The SMILES string of the molecule is COC(=O)c1nc(C)cc(Sc2cccc(C(=O)O)c2)n1. The van der Waals surface area contributed by atoms with E-state index in [4.69, 9.17) is 5.11 Å². The molecule has 6 nitrogen and oxygen atoms in total. The van der Waals surface area contributed by atoms with Crippen LogP contribution in [0.15, 0.2) is 40.3 Å². The Morgan fingerprint density at radius 1 is 1.24 bits per heavy atom. The number of carbonyl (C=O) groups is 2. The lowest BCUT2D eigenvalue weighted by atomic mass is 10.2. The van der Waals surface area contributed by atoms with Crippen molar-refractivity contribution in [1.82, 2.24) is 9.97 Å². The second kappa shape index (κ2) is 6.36. The van der Waals surface area contributed by atoms with Crippen molar-refractivity contribution >= 4 is 23.7 Å². The number of aromatic nitrogens is 2. The van der Waals surface area contributed by atoms with Crippen molar-refractivity contribution in [3.8, 4) is 0 Å². The Labute approximate surface area is 125 Å². The number of benzene rings is 1. The fraction of sp³-hybridized carbons (Fsp3) is 0.143. The second-order valence-electron chi connectivity index (χ2n) is 4.10. The molecule has 108 valence electrons. The number of hydrogen-bond donors (Lipinski definition) is 1. The highest BCUT2D eigenvalue weighted by Crippen LogP contribution is 2.27. The van der Waals surface area contributed by atoms with E-state index >= 15 is 0 Å². The third-order valence-corrected chi connectivity index (χ3v) is 3.41. The number of ether oxygens (including phenoxy) is 1. The maximum absolute atomic E-state index is 11.5. The Bertz CT molecular complexity index is 703. The van der Waals surface area contributed by atoms with Crippen molar-refractivity contribution in [3.05, 3.63) is 47.4 Å². The van der Waals surface area contributed by atoms with Crippen LogP contribution in [0.4, 0.5) is 0 Å². The molecule has 1 aromatic carbocycles. The summed E-state index contributed by atoms with van der Waals surface area (Å²) in [5.74, 6) is -1.62. The number of nitrogens with zero attached hydrogens (tertiary/aromatic N) is 2. The molecule has 1 N–H and O–H groups in total. The first kappa shape index (κ1) is 15.0. The predicted octanol–water partition coefficient (Wildman–Crippen LogP) is 2.42. The largest absolute Gasteiger partial charge is 0.478 e. The monoisotopic (exact) mass is 304 g/mol. The van der Waals surface area contributed by atoms with Crippen molar-refractivity contribution in [1.29, 1.82) is 0 Å². The summed E-state index contributed by atoms with van der Waals surface area (Å²) >= 11 is 1.25. The van der Waals surface area contributed by atoms with Gasteiger partial charge in [0.2, 0.25) is 5.82 Å². The van der Waals surface area contributed by atoms with Gasteiger partial charge < -0.3 is 9.84 Å². The maximum Gasteiger partial charge on any atom is 0.376 e. The third kappa shape index (κ3) is 3.79. The van der Waals surface area contributed by atoms with E-state index in [1.807, 2.05) is 0 Å². The molecule has 2 rings (SSSR count). The van der Waals surface area contributed by atoms with E-state index in [1.54, 1.807) is 31.2 Å². The number of esters is 1. The highest BCUT2D eigenvalue weighted by Gasteiger charge is 2.12. The van der Waals surface area contributed by atoms with Gasteiger partial charge in [-0.05, 0) is 31.2 Å². The molecule has 7 heteroatoms. The van der Waals surface area contributed by atoms with Gasteiger partial charge in [0.05, 0.1) is 12.7 Å². The molecule has 0 aliphatic heterocycles. The minimum atomic E-state index is -0.994. The minimum Gasteiger partial charge on any atom is -0.478 e. The van der Waals surface area contributed by atoms with E-state index in [9.17, 15) is 9.59 Å². The summed E-state index contributed by atoms with van der Waals surface area (Å²) in [4.78, 5) is 31.2. The van der Waals surface area contributed by atoms with Crippen LogP contribution in [0, 0.1) is 6.92 Å². The number of carboxylic acids is 1. The van der Waals surface area contributed by atoms with Crippen molar-refractivity contribution in [2.45, 2.75) is 16.8 Å². The van der Waals surface area contributed by atoms with Crippen molar-refractivity contribution in [2.75, 3.05) is 7.11 Å². The summed E-state index contributed by atoms with van der Waals surface area (Å²) < 4.78 is 4.60. The van der Waals surface area contributed by atoms with E-state index in [0.717, 1.165) is 0 Å². The normalized spacial score (nSPS) is 10.2. The molecular formula is C14H12N2O4S. The molecule has 0 fully saturated rings. The second-order valence-corrected chi connectivity index (χ2v) is 5.19. The van der Waals surface area contributed by atoms with E-state index in [2.05, 4.69) is 14.7 Å². The first-order valence-corrected chi connectivity index (χ1v) is 6.76. The number of carbonyl (C=O) groups excluding carboxylic acids is 1. The van der Waals surface area contributed by atoms with Crippen molar-refractivity contribution < 1.29 is 19.4 Å². The fourth-order valence-corrected chi connectivity index (χ4v) is 2.52. The van der Waals surface area contributed by atoms with Crippen LogP contribution in [0.25, 0.3) is 0 Å². The van der Waals surface area contributed by atoms with Gasteiger partial charge in [0, 0.05) is 10.6 Å². The van der Waals surface area contributed by atoms with Gasteiger partial charge in [-0.15, -0.1) is 0 Å². The molecule has 21 heavy (non-hydrogen) atoms. The van der Waals surface area contributed by atoms with Gasteiger partial charge in [-0.1, -0.05) is 17.8 Å². The van der Waals surface area contributed by atoms with E-state index in [-0.39, 0.29) is 11.4 Å². The van der Waals surface area contributed by atoms with Gasteiger partial charge in [0.1, 0.15) is 5.03 Å². The number of rotatable bonds is 4.